The summed E-state index contributed by atoms with van der Waals surface area (Å²) in [6.45, 7) is 6.53. The van der Waals surface area contributed by atoms with Crippen LogP contribution in [0.4, 0.5) is 0 Å². The number of aliphatic hydroxyl groups is 1. The van der Waals surface area contributed by atoms with Crippen LogP contribution in [0.3, 0.4) is 0 Å². The molecule has 3 aromatic rings. The van der Waals surface area contributed by atoms with E-state index in [0.717, 1.165) is 22.6 Å². The molecule has 3 rings (SSSR count). The third-order valence-electron chi connectivity index (χ3n) is 4.41. The molecular weight excluding hydrogens is 284 g/mol. The Morgan fingerprint density at radius 2 is 1.65 bits per heavy atom. The minimum Gasteiger partial charge on any atom is -0.379 e. The molecule has 0 saturated carbocycles. The van der Waals surface area contributed by atoms with Gasteiger partial charge in [-0.05, 0) is 37.5 Å². The van der Waals surface area contributed by atoms with Gasteiger partial charge in [0, 0.05) is 6.54 Å². The Kier molecular flexibility index (Phi) is 4.05. The zero-order valence-corrected chi connectivity index (χ0v) is 13.8. The second-order valence-corrected chi connectivity index (χ2v) is 6.15. The van der Waals surface area contributed by atoms with Crippen molar-refractivity contribution in [2.24, 2.45) is 0 Å². The van der Waals surface area contributed by atoms with E-state index in [-0.39, 0.29) is 0 Å². The number of imidazole rings is 1. The molecule has 0 radical (unpaired) electrons. The predicted octanol–water partition coefficient (Wildman–Crippen LogP) is 3.80. The van der Waals surface area contributed by atoms with Crippen LogP contribution in [0, 0.1) is 13.8 Å². The number of rotatable bonds is 4. The Hall–Kier alpha value is -2.39. The molecule has 118 valence electrons. The summed E-state index contributed by atoms with van der Waals surface area (Å²) in [6, 6.07) is 18.2. The molecule has 0 saturated heterocycles. The van der Waals surface area contributed by atoms with Gasteiger partial charge in [-0.15, -0.1) is 0 Å². The van der Waals surface area contributed by atoms with Crippen molar-refractivity contribution >= 4 is 0 Å². The van der Waals surface area contributed by atoms with Crippen molar-refractivity contribution in [2.45, 2.75) is 32.9 Å². The molecule has 1 aromatic heterocycles. The third kappa shape index (κ3) is 2.92. The molecule has 0 aliphatic rings. The van der Waals surface area contributed by atoms with Gasteiger partial charge in [0.15, 0.2) is 0 Å². The zero-order chi connectivity index (χ0) is 16.4. The van der Waals surface area contributed by atoms with Crippen molar-refractivity contribution in [1.82, 2.24) is 9.55 Å². The fourth-order valence-electron chi connectivity index (χ4n) is 3.08. The second-order valence-electron chi connectivity index (χ2n) is 6.15. The highest BCUT2D eigenvalue weighted by atomic mass is 16.3. The minimum atomic E-state index is -1.08. The summed E-state index contributed by atoms with van der Waals surface area (Å²) in [5.74, 6) is 0.901. The Balaban J connectivity index is 2.05. The van der Waals surface area contributed by atoms with Crippen molar-refractivity contribution in [3.8, 4) is 0 Å². The smallest absolute Gasteiger partial charge is 0.128 e. The van der Waals surface area contributed by atoms with Crippen LogP contribution in [0.2, 0.25) is 0 Å². The van der Waals surface area contributed by atoms with E-state index >= 15 is 0 Å². The fourth-order valence-corrected chi connectivity index (χ4v) is 3.08. The van der Waals surface area contributed by atoms with Crippen LogP contribution in [0.15, 0.2) is 60.8 Å². The van der Waals surface area contributed by atoms with Crippen LogP contribution < -0.4 is 0 Å². The highest BCUT2D eigenvalue weighted by Gasteiger charge is 2.31. The van der Waals surface area contributed by atoms with Crippen molar-refractivity contribution in [3.63, 3.8) is 0 Å². The molecule has 0 aliphatic carbocycles. The average Bonchev–Trinajstić information content (AvgIpc) is 2.90. The van der Waals surface area contributed by atoms with Gasteiger partial charge < -0.3 is 9.67 Å². The van der Waals surface area contributed by atoms with E-state index in [2.05, 4.69) is 21.7 Å². The van der Waals surface area contributed by atoms with Crippen LogP contribution in [0.1, 0.15) is 35.1 Å². The molecule has 1 N–H and O–H groups in total. The van der Waals surface area contributed by atoms with Crippen molar-refractivity contribution < 1.29 is 5.11 Å². The molecule has 0 amide bonds. The monoisotopic (exact) mass is 306 g/mol. The lowest BCUT2D eigenvalue weighted by atomic mass is 9.89. The van der Waals surface area contributed by atoms with Gasteiger partial charge in [0.1, 0.15) is 11.4 Å². The SMILES string of the molecule is Cc1ccccc1[C@@](C)(O)c1cnc(C)n1Cc1ccccc1. The molecule has 23 heavy (non-hydrogen) atoms. The maximum absolute atomic E-state index is 11.2. The molecule has 0 fully saturated rings. The molecule has 0 bridgehead atoms. The first-order chi connectivity index (χ1) is 11.0. The van der Waals surface area contributed by atoms with E-state index in [0.29, 0.717) is 6.54 Å². The van der Waals surface area contributed by atoms with Crippen molar-refractivity contribution in [1.29, 1.82) is 0 Å². The Bertz CT molecular complexity index is 804. The van der Waals surface area contributed by atoms with Gasteiger partial charge in [0.25, 0.3) is 0 Å². The normalized spacial score (nSPS) is 13.7. The van der Waals surface area contributed by atoms with E-state index in [1.165, 1.54) is 5.56 Å². The van der Waals surface area contributed by atoms with Gasteiger partial charge in [0.05, 0.1) is 11.9 Å². The Morgan fingerprint density at radius 1 is 1.00 bits per heavy atom. The van der Waals surface area contributed by atoms with Crippen LogP contribution in [-0.2, 0) is 12.1 Å². The van der Waals surface area contributed by atoms with Crippen LogP contribution >= 0.6 is 0 Å². The topological polar surface area (TPSA) is 38.1 Å². The molecule has 2 aromatic carbocycles. The lowest BCUT2D eigenvalue weighted by molar-refractivity contribution is 0.0926. The second kappa shape index (κ2) is 6.01. The van der Waals surface area contributed by atoms with Crippen LogP contribution in [0.5, 0.6) is 0 Å². The molecule has 3 nitrogen and oxygen atoms in total. The number of aromatic nitrogens is 2. The van der Waals surface area contributed by atoms with E-state index in [9.17, 15) is 5.11 Å². The summed E-state index contributed by atoms with van der Waals surface area (Å²) in [5.41, 5.74) is 2.90. The average molecular weight is 306 g/mol. The predicted molar refractivity (Wildman–Crippen MR) is 92.4 cm³/mol. The highest BCUT2D eigenvalue weighted by Crippen LogP contribution is 2.32. The number of benzene rings is 2. The van der Waals surface area contributed by atoms with E-state index in [4.69, 9.17) is 0 Å². The highest BCUT2D eigenvalue weighted by molar-refractivity contribution is 5.37. The first-order valence-corrected chi connectivity index (χ1v) is 7.85. The molecule has 1 heterocycles. The van der Waals surface area contributed by atoms with Crippen molar-refractivity contribution in [2.75, 3.05) is 0 Å². The quantitative estimate of drug-likeness (QED) is 0.796. The lowest BCUT2D eigenvalue weighted by Gasteiger charge is -2.27. The van der Waals surface area contributed by atoms with Gasteiger partial charge in [-0.2, -0.15) is 0 Å². The molecule has 0 aliphatic heterocycles. The van der Waals surface area contributed by atoms with E-state index < -0.39 is 5.60 Å². The zero-order valence-electron chi connectivity index (χ0n) is 13.8. The van der Waals surface area contributed by atoms with Crippen molar-refractivity contribution in [3.05, 3.63) is 89.0 Å². The minimum absolute atomic E-state index is 0.698. The summed E-state index contributed by atoms with van der Waals surface area (Å²) in [4.78, 5) is 4.44. The maximum atomic E-state index is 11.2. The molecular formula is C20H22N2O. The van der Waals surface area contributed by atoms with E-state index in [1.807, 2.05) is 63.2 Å². The Labute approximate surface area is 137 Å². The number of hydrogen-bond acceptors (Lipinski definition) is 2. The lowest BCUT2D eigenvalue weighted by Crippen LogP contribution is -2.28. The third-order valence-corrected chi connectivity index (χ3v) is 4.41. The summed E-state index contributed by atoms with van der Waals surface area (Å²) < 4.78 is 2.09. The first kappa shape index (κ1) is 15.5. The number of aryl methyl sites for hydroxylation is 2. The maximum Gasteiger partial charge on any atom is 0.128 e. The molecule has 3 heteroatoms. The van der Waals surface area contributed by atoms with Gasteiger partial charge in [0.2, 0.25) is 0 Å². The summed E-state index contributed by atoms with van der Waals surface area (Å²) >= 11 is 0. The molecule has 0 spiro atoms. The number of nitrogens with zero attached hydrogens (tertiary/aromatic N) is 2. The Morgan fingerprint density at radius 3 is 2.35 bits per heavy atom. The summed E-state index contributed by atoms with van der Waals surface area (Å²) in [7, 11) is 0. The van der Waals surface area contributed by atoms with Gasteiger partial charge >= 0.3 is 0 Å². The van der Waals surface area contributed by atoms with E-state index in [1.54, 1.807) is 6.20 Å². The van der Waals surface area contributed by atoms with Gasteiger partial charge in [-0.25, -0.2) is 4.98 Å². The van der Waals surface area contributed by atoms with Gasteiger partial charge in [-0.1, -0.05) is 54.6 Å². The summed E-state index contributed by atoms with van der Waals surface area (Å²) in [5, 5.41) is 11.2. The van der Waals surface area contributed by atoms with Crippen LogP contribution in [0.25, 0.3) is 0 Å². The first-order valence-electron chi connectivity index (χ1n) is 7.85. The summed E-state index contributed by atoms with van der Waals surface area (Å²) in [6.07, 6.45) is 1.78. The standard InChI is InChI=1S/C20H22N2O/c1-15-9-7-8-12-18(15)20(3,23)19-13-21-16(2)22(19)14-17-10-5-4-6-11-17/h4-13,23H,14H2,1-3H3/t20-/m1/s1. The van der Waals surface area contributed by atoms with Crippen LogP contribution in [-0.4, -0.2) is 14.7 Å². The number of hydrogen-bond donors (Lipinski definition) is 1. The fraction of sp³-hybridized carbons (Fsp3) is 0.250. The largest absolute Gasteiger partial charge is 0.379 e. The van der Waals surface area contributed by atoms with Gasteiger partial charge in [-0.3, -0.25) is 0 Å². The molecule has 0 unspecified atom stereocenters. The molecule has 1 atom stereocenters.